The number of benzene rings is 1. The van der Waals surface area contributed by atoms with Gasteiger partial charge in [-0.15, -0.1) is 11.3 Å². The molecule has 0 spiro atoms. The first-order chi connectivity index (χ1) is 12.8. The number of rotatable bonds is 5. The lowest BCUT2D eigenvalue weighted by atomic mass is 9.90. The van der Waals surface area contributed by atoms with Gasteiger partial charge in [-0.1, -0.05) is 20.8 Å². The highest BCUT2D eigenvalue weighted by Gasteiger charge is 2.21. The molecule has 1 aromatic heterocycles. The fraction of sp³-hybridized carbons (Fsp3) is 0.455. The number of hydrogen-bond acceptors (Lipinski definition) is 3. The Kier molecular flexibility index (Phi) is 6.00. The molecular weight excluding hydrogens is 356 g/mol. The topological polar surface area (TPSA) is 58.2 Å². The monoisotopic (exact) mass is 384 g/mol. The van der Waals surface area contributed by atoms with Crippen molar-refractivity contribution in [2.45, 2.75) is 47.0 Å². The Labute approximate surface area is 165 Å². The summed E-state index contributed by atoms with van der Waals surface area (Å²) in [6, 6.07) is 7.45. The van der Waals surface area contributed by atoms with Crippen molar-refractivity contribution in [2.75, 3.05) is 11.9 Å². The fourth-order valence-corrected chi connectivity index (χ4v) is 4.45. The normalized spacial score (nSPS) is 16.1. The molecule has 3 rings (SSSR count). The first kappa shape index (κ1) is 19.6. The molecule has 27 heavy (non-hydrogen) atoms. The largest absolute Gasteiger partial charge is 0.352 e. The van der Waals surface area contributed by atoms with Crippen LogP contribution in [0.2, 0.25) is 0 Å². The van der Waals surface area contributed by atoms with Gasteiger partial charge in [-0.25, -0.2) is 0 Å². The summed E-state index contributed by atoms with van der Waals surface area (Å²) >= 11 is 1.61. The Balaban J connectivity index is 1.69. The molecule has 1 aliphatic rings. The molecule has 0 bridgehead atoms. The van der Waals surface area contributed by atoms with Crippen LogP contribution in [0.4, 0.5) is 5.69 Å². The minimum absolute atomic E-state index is 0.0674. The molecule has 2 N–H and O–H groups in total. The van der Waals surface area contributed by atoms with Crippen LogP contribution in [0.3, 0.4) is 0 Å². The summed E-state index contributed by atoms with van der Waals surface area (Å²) in [5.41, 5.74) is 3.58. The molecule has 0 saturated carbocycles. The van der Waals surface area contributed by atoms with Crippen molar-refractivity contribution in [2.24, 2.45) is 11.8 Å². The van der Waals surface area contributed by atoms with E-state index in [1.54, 1.807) is 17.4 Å². The predicted molar refractivity (Wildman–Crippen MR) is 112 cm³/mol. The average Bonchev–Trinajstić information content (AvgIpc) is 3.04. The van der Waals surface area contributed by atoms with Crippen LogP contribution in [0.5, 0.6) is 0 Å². The van der Waals surface area contributed by atoms with Gasteiger partial charge in [0.2, 0.25) is 0 Å². The van der Waals surface area contributed by atoms with Gasteiger partial charge in [0.1, 0.15) is 0 Å². The second kappa shape index (κ2) is 8.26. The number of hydrogen-bond donors (Lipinski definition) is 2. The highest BCUT2D eigenvalue weighted by atomic mass is 32.1. The summed E-state index contributed by atoms with van der Waals surface area (Å²) in [5, 5.41) is 5.92. The van der Waals surface area contributed by atoms with E-state index in [0.717, 1.165) is 29.0 Å². The van der Waals surface area contributed by atoms with Crippen molar-refractivity contribution in [3.05, 3.63) is 50.7 Å². The van der Waals surface area contributed by atoms with Gasteiger partial charge in [0.05, 0.1) is 4.88 Å². The van der Waals surface area contributed by atoms with Gasteiger partial charge in [0.15, 0.2) is 0 Å². The van der Waals surface area contributed by atoms with Crippen molar-refractivity contribution < 1.29 is 9.59 Å². The van der Waals surface area contributed by atoms with Crippen LogP contribution < -0.4 is 10.6 Å². The van der Waals surface area contributed by atoms with Gasteiger partial charge in [-0.3, -0.25) is 9.59 Å². The third kappa shape index (κ3) is 4.78. The quantitative estimate of drug-likeness (QED) is 0.776. The van der Waals surface area contributed by atoms with Crippen LogP contribution >= 0.6 is 11.3 Å². The minimum Gasteiger partial charge on any atom is -0.352 e. The molecule has 1 atom stereocenters. The number of anilines is 1. The summed E-state index contributed by atoms with van der Waals surface area (Å²) in [6.07, 6.45) is 3.35. The van der Waals surface area contributed by atoms with Crippen LogP contribution in [0.25, 0.3) is 0 Å². The molecule has 0 fully saturated rings. The van der Waals surface area contributed by atoms with Crippen molar-refractivity contribution in [1.29, 1.82) is 0 Å². The second-order valence-electron chi connectivity index (χ2n) is 7.99. The molecule has 1 heterocycles. The van der Waals surface area contributed by atoms with Crippen LogP contribution in [0, 0.1) is 18.8 Å². The summed E-state index contributed by atoms with van der Waals surface area (Å²) < 4.78 is 0. The zero-order chi connectivity index (χ0) is 19.6. The van der Waals surface area contributed by atoms with Crippen LogP contribution in [-0.2, 0) is 12.8 Å². The van der Waals surface area contributed by atoms with E-state index in [1.807, 2.05) is 25.1 Å². The van der Waals surface area contributed by atoms with Crippen LogP contribution in [0.15, 0.2) is 24.3 Å². The molecule has 2 aromatic rings. The Morgan fingerprint density at radius 1 is 1.22 bits per heavy atom. The molecule has 4 nitrogen and oxygen atoms in total. The van der Waals surface area contributed by atoms with Gasteiger partial charge < -0.3 is 10.6 Å². The standard InChI is InChI=1S/C22H28N2O2S/c1-13(2)12-23-21(25)16-6-7-18(15(4)10-16)24-22(26)20-11-17-9-14(3)5-8-19(17)27-20/h6-7,10-11,13-14H,5,8-9,12H2,1-4H3,(H,23,25)(H,24,26). The number of carbonyl (C=O) groups excluding carboxylic acids is 2. The average molecular weight is 385 g/mol. The molecule has 0 saturated heterocycles. The van der Waals surface area contributed by atoms with Crippen LogP contribution in [0.1, 0.15) is 63.2 Å². The van der Waals surface area contributed by atoms with Crippen molar-refractivity contribution in [1.82, 2.24) is 5.32 Å². The molecule has 0 aliphatic heterocycles. The third-order valence-electron chi connectivity index (χ3n) is 4.96. The Morgan fingerprint density at radius 3 is 2.70 bits per heavy atom. The number of amides is 2. The summed E-state index contributed by atoms with van der Waals surface area (Å²) in [6.45, 7) is 8.96. The molecule has 1 aromatic carbocycles. The highest BCUT2D eigenvalue weighted by molar-refractivity contribution is 7.14. The number of aryl methyl sites for hydroxylation is 2. The molecule has 5 heteroatoms. The number of fused-ring (bicyclic) bond motifs is 1. The smallest absolute Gasteiger partial charge is 0.265 e. The SMILES string of the molecule is Cc1cc(C(=O)NCC(C)C)ccc1NC(=O)c1cc2c(s1)CCC(C)C2. The lowest BCUT2D eigenvalue weighted by Gasteiger charge is -2.16. The maximum absolute atomic E-state index is 12.7. The highest BCUT2D eigenvalue weighted by Crippen LogP contribution is 2.32. The Bertz CT molecular complexity index is 854. The van der Waals surface area contributed by atoms with E-state index >= 15 is 0 Å². The van der Waals surface area contributed by atoms with Crippen LogP contribution in [-0.4, -0.2) is 18.4 Å². The summed E-state index contributed by atoms with van der Waals surface area (Å²) in [4.78, 5) is 27.0. The fourth-order valence-electron chi connectivity index (χ4n) is 3.35. The molecule has 1 aliphatic carbocycles. The molecule has 144 valence electrons. The van der Waals surface area contributed by atoms with Gasteiger partial charge >= 0.3 is 0 Å². The predicted octanol–water partition coefficient (Wildman–Crippen LogP) is 4.82. The Hall–Kier alpha value is -2.14. The van der Waals surface area contributed by atoms with E-state index in [1.165, 1.54) is 16.9 Å². The third-order valence-corrected chi connectivity index (χ3v) is 6.20. The van der Waals surface area contributed by atoms with E-state index in [-0.39, 0.29) is 11.8 Å². The van der Waals surface area contributed by atoms with Crippen molar-refractivity contribution >= 4 is 28.8 Å². The zero-order valence-corrected chi connectivity index (χ0v) is 17.3. The van der Waals surface area contributed by atoms with E-state index in [4.69, 9.17) is 0 Å². The van der Waals surface area contributed by atoms with Crippen molar-refractivity contribution in [3.8, 4) is 0 Å². The van der Waals surface area contributed by atoms with E-state index in [2.05, 4.69) is 31.4 Å². The van der Waals surface area contributed by atoms with E-state index in [9.17, 15) is 9.59 Å². The number of nitrogens with one attached hydrogen (secondary N) is 2. The first-order valence-corrected chi connectivity index (χ1v) is 10.5. The first-order valence-electron chi connectivity index (χ1n) is 9.65. The van der Waals surface area contributed by atoms with E-state index in [0.29, 0.717) is 23.9 Å². The number of thiophene rings is 1. The summed E-state index contributed by atoms with van der Waals surface area (Å²) in [7, 11) is 0. The maximum atomic E-state index is 12.7. The molecular formula is C22H28N2O2S. The second-order valence-corrected chi connectivity index (χ2v) is 9.13. The van der Waals surface area contributed by atoms with E-state index < -0.39 is 0 Å². The molecule has 1 unspecified atom stereocenters. The number of carbonyl (C=O) groups is 2. The van der Waals surface area contributed by atoms with Gasteiger partial charge in [-0.2, -0.15) is 0 Å². The van der Waals surface area contributed by atoms with Gasteiger partial charge in [0, 0.05) is 22.7 Å². The lowest BCUT2D eigenvalue weighted by Crippen LogP contribution is -2.27. The minimum atomic E-state index is -0.0790. The zero-order valence-electron chi connectivity index (χ0n) is 16.5. The van der Waals surface area contributed by atoms with Gasteiger partial charge in [0.25, 0.3) is 11.8 Å². The van der Waals surface area contributed by atoms with Gasteiger partial charge in [-0.05, 0) is 73.4 Å². The molecule has 2 amide bonds. The van der Waals surface area contributed by atoms with Crippen molar-refractivity contribution in [3.63, 3.8) is 0 Å². The summed E-state index contributed by atoms with van der Waals surface area (Å²) in [5.74, 6) is 0.958. The Morgan fingerprint density at radius 2 is 2.00 bits per heavy atom. The molecule has 0 radical (unpaired) electrons. The maximum Gasteiger partial charge on any atom is 0.265 e. The lowest BCUT2D eigenvalue weighted by molar-refractivity contribution is 0.0948.